The van der Waals surface area contributed by atoms with Crippen LogP contribution in [0.3, 0.4) is 0 Å². The van der Waals surface area contributed by atoms with Crippen molar-refractivity contribution in [2.75, 3.05) is 0 Å². The maximum atomic E-state index is 10.9. The zero-order valence-corrected chi connectivity index (χ0v) is 12.0. The minimum absolute atomic E-state index is 0. The molecule has 0 aliphatic rings. The van der Waals surface area contributed by atoms with Crippen LogP contribution in [0.1, 0.15) is 31.8 Å². The summed E-state index contributed by atoms with van der Waals surface area (Å²) in [6.07, 6.45) is 1.45. The number of carbonyl (C=O) groups is 2. The van der Waals surface area contributed by atoms with Crippen molar-refractivity contribution < 1.29 is 19.8 Å². The third-order valence-corrected chi connectivity index (χ3v) is 3.08. The van der Waals surface area contributed by atoms with Crippen LogP contribution >= 0.6 is 12.4 Å². The third-order valence-electron chi connectivity index (χ3n) is 3.08. The molecule has 0 amide bonds. The van der Waals surface area contributed by atoms with Gasteiger partial charge in [-0.25, -0.2) is 9.59 Å². The molecule has 2 rings (SSSR count). The van der Waals surface area contributed by atoms with Crippen LogP contribution in [0.5, 0.6) is 0 Å². The number of carboxylic acids is 2. The van der Waals surface area contributed by atoms with Crippen molar-refractivity contribution in [2.45, 2.75) is 12.8 Å². The van der Waals surface area contributed by atoms with Crippen molar-refractivity contribution in [3.63, 3.8) is 0 Å². The number of carboxylic acid groups (broad SMARTS) is 2. The zero-order chi connectivity index (χ0) is 14.5. The summed E-state index contributed by atoms with van der Waals surface area (Å²) in [7, 11) is 0. The molecule has 0 aliphatic carbocycles. The molecule has 0 atom stereocenters. The number of aromatic carboxylic acids is 2. The van der Waals surface area contributed by atoms with Crippen LogP contribution in [-0.2, 0) is 12.8 Å². The zero-order valence-electron chi connectivity index (χ0n) is 11.2. The average Bonchev–Trinajstić information content (AvgIpc) is 2.46. The Labute approximate surface area is 128 Å². The summed E-state index contributed by atoms with van der Waals surface area (Å²) in [5.74, 6) is -1.87. The van der Waals surface area contributed by atoms with Crippen LogP contribution in [-0.4, -0.2) is 22.2 Å². The molecule has 2 aromatic rings. The number of halogens is 1. The predicted molar refractivity (Wildman–Crippen MR) is 81.5 cm³/mol. The maximum Gasteiger partial charge on any atom is 0.335 e. The van der Waals surface area contributed by atoms with Crippen LogP contribution in [0, 0.1) is 0 Å². The molecular formula is C16H15ClO4. The van der Waals surface area contributed by atoms with Crippen molar-refractivity contribution in [2.24, 2.45) is 0 Å². The van der Waals surface area contributed by atoms with Crippen LogP contribution in [0.25, 0.3) is 0 Å². The monoisotopic (exact) mass is 306 g/mol. The van der Waals surface area contributed by atoms with E-state index in [2.05, 4.69) is 0 Å². The van der Waals surface area contributed by atoms with Gasteiger partial charge in [-0.1, -0.05) is 24.3 Å². The third kappa shape index (κ3) is 4.61. The molecule has 4 nitrogen and oxygen atoms in total. The number of benzene rings is 2. The van der Waals surface area contributed by atoms with E-state index in [4.69, 9.17) is 10.2 Å². The molecule has 21 heavy (non-hydrogen) atoms. The first-order chi connectivity index (χ1) is 9.56. The topological polar surface area (TPSA) is 74.6 Å². The van der Waals surface area contributed by atoms with Crippen molar-refractivity contribution in [3.05, 3.63) is 70.8 Å². The van der Waals surface area contributed by atoms with E-state index < -0.39 is 11.9 Å². The molecule has 2 N–H and O–H groups in total. The Morgan fingerprint density at radius 2 is 1.33 bits per heavy atom. The van der Waals surface area contributed by atoms with Crippen LogP contribution in [0.15, 0.2) is 48.5 Å². The first-order valence-corrected chi connectivity index (χ1v) is 6.21. The minimum atomic E-state index is -0.939. The molecule has 0 heterocycles. The van der Waals surface area contributed by atoms with Crippen molar-refractivity contribution >= 4 is 24.3 Å². The van der Waals surface area contributed by atoms with E-state index in [1.165, 1.54) is 0 Å². The Balaban J connectivity index is 0.00000220. The molecule has 0 spiro atoms. The van der Waals surface area contributed by atoms with E-state index in [0.29, 0.717) is 6.42 Å². The summed E-state index contributed by atoms with van der Waals surface area (Å²) in [6, 6.07) is 13.6. The molecule has 0 fully saturated rings. The van der Waals surface area contributed by atoms with E-state index >= 15 is 0 Å². The lowest BCUT2D eigenvalue weighted by Crippen LogP contribution is -1.99. The van der Waals surface area contributed by atoms with Crippen LogP contribution in [0.2, 0.25) is 0 Å². The Morgan fingerprint density at radius 3 is 1.90 bits per heavy atom. The van der Waals surface area contributed by atoms with Gasteiger partial charge in [-0.2, -0.15) is 0 Å². The lowest BCUT2D eigenvalue weighted by molar-refractivity contribution is 0.0686. The predicted octanol–water partition coefficient (Wildman–Crippen LogP) is 3.29. The Bertz CT molecular complexity index is 635. The second-order valence-corrected chi connectivity index (χ2v) is 4.51. The van der Waals surface area contributed by atoms with Gasteiger partial charge in [-0.05, 0) is 48.2 Å². The second-order valence-electron chi connectivity index (χ2n) is 4.51. The lowest BCUT2D eigenvalue weighted by Gasteiger charge is -2.04. The number of aryl methyl sites for hydroxylation is 2. The van der Waals surface area contributed by atoms with Gasteiger partial charge in [-0.3, -0.25) is 0 Å². The molecule has 2 aromatic carbocycles. The Kier molecular flexibility index (Phi) is 5.93. The minimum Gasteiger partial charge on any atom is -0.478 e. The molecule has 0 saturated carbocycles. The van der Waals surface area contributed by atoms with E-state index in [1.807, 2.05) is 6.07 Å². The SMILES string of the molecule is Cl.O=C(O)c1ccc(CCc2cccc(C(=O)O)c2)cc1. The fraction of sp³-hybridized carbons (Fsp3) is 0.125. The van der Waals surface area contributed by atoms with Crippen molar-refractivity contribution in [3.8, 4) is 0 Å². The Hall–Kier alpha value is -2.33. The first kappa shape index (κ1) is 16.7. The summed E-state index contributed by atoms with van der Waals surface area (Å²) < 4.78 is 0. The molecule has 0 aromatic heterocycles. The summed E-state index contributed by atoms with van der Waals surface area (Å²) in [6.45, 7) is 0. The fourth-order valence-corrected chi connectivity index (χ4v) is 1.96. The molecule has 110 valence electrons. The van der Waals surface area contributed by atoms with Crippen molar-refractivity contribution in [1.82, 2.24) is 0 Å². The molecule has 0 unspecified atom stereocenters. The van der Waals surface area contributed by atoms with Gasteiger partial charge in [0.15, 0.2) is 0 Å². The summed E-state index contributed by atoms with van der Waals surface area (Å²) in [4.78, 5) is 21.6. The van der Waals surface area contributed by atoms with Gasteiger partial charge in [0, 0.05) is 0 Å². The van der Waals surface area contributed by atoms with Gasteiger partial charge in [-0.15, -0.1) is 12.4 Å². The van der Waals surface area contributed by atoms with Crippen LogP contribution < -0.4 is 0 Å². The van der Waals surface area contributed by atoms with E-state index in [9.17, 15) is 9.59 Å². The van der Waals surface area contributed by atoms with Gasteiger partial charge in [0.25, 0.3) is 0 Å². The second kappa shape index (κ2) is 7.45. The van der Waals surface area contributed by atoms with Crippen LogP contribution in [0.4, 0.5) is 0 Å². The van der Waals surface area contributed by atoms with E-state index in [-0.39, 0.29) is 23.5 Å². The molecular weight excluding hydrogens is 292 g/mol. The van der Waals surface area contributed by atoms with E-state index in [1.54, 1.807) is 42.5 Å². The molecule has 0 radical (unpaired) electrons. The number of rotatable bonds is 5. The standard InChI is InChI=1S/C16H14O4.ClH/c17-15(18)13-8-6-11(7-9-13)4-5-12-2-1-3-14(10-12)16(19)20;/h1-3,6-10H,4-5H2,(H,17,18)(H,19,20);1H. The highest BCUT2D eigenvalue weighted by molar-refractivity contribution is 5.88. The highest BCUT2D eigenvalue weighted by Crippen LogP contribution is 2.11. The molecule has 0 aliphatic heterocycles. The quantitative estimate of drug-likeness (QED) is 0.889. The summed E-state index contributed by atoms with van der Waals surface area (Å²) in [5.41, 5.74) is 2.52. The normalized spacial score (nSPS) is 9.71. The van der Waals surface area contributed by atoms with Gasteiger partial charge in [0.1, 0.15) is 0 Å². The smallest absolute Gasteiger partial charge is 0.335 e. The van der Waals surface area contributed by atoms with Gasteiger partial charge >= 0.3 is 11.9 Å². The fourth-order valence-electron chi connectivity index (χ4n) is 1.96. The highest BCUT2D eigenvalue weighted by atomic mass is 35.5. The van der Waals surface area contributed by atoms with Gasteiger partial charge in [0.05, 0.1) is 11.1 Å². The van der Waals surface area contributed by atoms with Crippen molar-refractivity contribution in [1.29, 1.82) is 0 Å². The summed E-state index contributed by atoms with van der Waals surface area (Å²) in [5, 5.41) is 17.7. The highest BCUT2D eigenvalue weighted by Gasteiger charge is 2.04. The van der Waals surface area contributed by atoms with Gasteiger partial charge < -0.3 is 10.2 Å². The summed E-state index contributed by atoms with van der Waals surface area (Å²) >= 11 is 0. The number of hydrogen-bond donors (Lipinski definition) is 2. The molecule has 5 heteroatoms. The Morgan fingerprint density at radius 1 is 0.762 bits per heavy atom. The largest absolute Gasteiger partial charge is 0.478 e. The van der Waals surface area contributed by atoms with Gasteiger partial charge in [0.2, 0.25) is 0 Å². The lowest BCUT2D eigenvalue weighted by atomic mass is 10.0. The van der Waals surface area contributed by atoms with E-state index in [0.717, 1.165) is 17.5 Å². The molecule has 0 bridgehead atoms. The number of hydrogen-bond acceptors (Lipinski definition) is 2. The first-order valence-electron chi connectivity index (χ1n) is 6.21. The molecule has 0 saturated heterocycles. The average molecular weight is 307 g/mol. The maximum absolute atomic E-state index is 10.9.